The number of rotatable bonds is 8. The zero-order chi connectivity index (χ0) is 20.6. The van der Waals surface area contributed by atoms with Gasteiger partial charge in [0.2, 0.25) is 0 Å². The van der Waals surface area contributed by atoms with E-state index in [2.05, 4.69) is 77.3 Å². The van der Waals surface area contributed by atoms with E-state index >= 15 is 0 Å². The second-order valence-electron chi connectivity index (χ2n) is 8.21. The molecule has 0 bridgehead atoms. The first-order valence-electron chi connectivity index (χ1n) is 11.1. The Labute approximate surface area is 185 Å². The molecule has 1 aliphatic carbocycles. The molecule has 1 heterocycles. The summed E-state index contributed by atoms with van der Waals surface area (Å²) >= 11 is 2.08. The SMILES string of the molecule is COC=CC[C@H]1[C@H](N2CCSCC2)CC[C@H]1OCc1ccc(-c2ccccc2)cc1. The van der Waals surface area contributed by atoms with E-state index in [0.717, 1.165) is 12.8 Å². The minimum Gasteiger partial charge on any atom is -0.505 e. The average molecular weight is 424 g/mol. The normalized spacial score (nSPS) is 25.0. The van der Waals surface area contributed by atoms with Gasteiger partial charge in [-0.25, -0.2) is 0 Å². The molecule has 3 atom stereocenters. The number of methoxy groups -OCH3 is 1. The zero-order valence-electron chi connectivity index (χ0n) is 17.9. The average Bonchev–Trinajstić information content (AvgIpc) is 3.22. The lowest BCUT2D eigenvalue weighted by Crippen LogP contribution is -2.44. The lowest BCUT2D eigenvalue weighted by atomic mass is 9.96. The van der Waals surface area contributed by atoms with E-state index < -0.39 is 0 Å². The predicted molar refractivity (Wildman–Crippen MR) is 127 cm³/mol. The van der Waals surface area contributed by atoms with Crippen molar-refractivity contribution < 1.29 is 9.47 Å². The summed E-state index contributed by atoms with van der Waals surface area (Å²) in [6.45, 7) is 3.12. The molecule has 0 radical (unpaired) electrons. The van der Waals surface area contributed by atoms with E-state index in [0.29, 0.717) is 24.7 Å². The molecule has 4 heteroatoms. The van der Waals surface area contributed by atoms with Gasteiger partial charge >= 0.3 is 0 Å². The molecule has 30 heavy (non-hydrogen) atoms. The summed E-state index contributed by atoms with van der Waals surface area (Å²) in [6.07, 6.45) is 7.74. The molecule has 0 spiro atoms. The third kappa shape index (κ3) is 5.48. The fourth-order valence-corrected chi connectivity index (χ4v) is 5.76. The molecular weight excluding hydrogens is 390 g/mol. The van der Waals surface area contributed by atoms with Crippen molar-refractivity contribution in [3.8, 4) is 11.1 Å². The third-order valence-corrected chi connectivity index (χ3v) is 7.34. The van der Waals surface area contributed by atoms with Crippen LogP contribution in [-0.2, 0) is 16.1 Å². The van der Waals surface area contributed by atoms with E-state index in [9.17, 15) is 0 Å². The zero-order valence-corrected chi connectivity index (χ0v) is 18.7. The standard InChI is InChI=1S/C26H33NO2S/c1-28-17-5-8-24-25(27-15-18-30-19-16-27)13-14-26(24)29-20-21-9-11-23(12-10-21)22-6-3-2-4-7-22/h2-7,9-12,17,24-26H,8,13-16,18-20H2,1H3/t24-,25+,26+/m0/s1. The molecule has 0 N–H and O–H groups in total. The quantitative estimate of drug-likeness (QED) is 0.514. The van der Waals surface area contributed by atoms with Gasteiger partial charge < -0.3 is 9.47 Å². The maximum Gasteiger partial charge on any atom is 0.0784 e. The number of allylic oxidation sites excluding steroid dienone is 1. The smallest absolute Gasteiger partial charge is 0.0784 e. The van der Waals surface area contributed by atoms with Crippen LogP contribution >= 0.6 is 11.8 Å². The Hall–Kier alpha value is -1.75. The van der Waals surface area contributed by atoms with Gasteiger partial charge in [-0.1, -0.05) is 54.6 Å². The Bertz CT molecular complexity index is 786. The lowest BCUT2D eigenvalue weighted by molar-refractivity contribution is 0.00269. The first-order valence-corrected chi connectivity index (χ1v) is 12.3. The summed E-state index contributed by atoms with van der Waals surface area (Å²) < 4.78 is 11.6. The van der Waals surface area contributed by atoms with E-state index in [1.54, 1.807) is 7.11 Å². The molecule has 2 fully saturated rings. The van der Waals surface area contributed by atoms with Crippen molar-refractivity contribution in [1.29, 1.82) is 0 Å². The Kier molecular flexibility index (Phi) is 7.90. The highest BCUT2D eigenvalue weighted by Crippen LogP contribution is 2.36. The van der Waals surface area contributed by atoms with Crippen molar-refractivity contribution in [3.63, 3.8) is 0 Å². The Morgan fingerprint density at radius 1 is 0.967 bits per heavy atom. The van der Waals surface area contributed by atoms with Gasteiger partial charge in [0.15, 0.2) is 0 Å². The van der Waals surface area contributed by atoms with Crippen molar-refractivity contribution in [2.45, 2.75) is 38.0 Å². The van der Waals surface area contributed by atoms with Gasteiger partial charge in [0.1, 0.15) is 0 Å². The largest absolute Gasteiger partial charge is 0.505 e. The van der Waals surface area contributed by atoms with Crippen LogP contribution in [0.15, 0.2) is 66.9 Å². The predicted octanol–water partition coefficient (Wildman–Crippen LogP) is 5.62. The molecule has 160 valence electrons. The first-order chi connectivity index (χ1) is 14.8. The molecule has 2 aromatic carbocycles. The monoisotopic (exact) mass is 423 g/mol. The maximum atomic E-state index is 6.49. The molecule has 1 saturated heterocycles. The maximum absolute atomic E-state index is 6.49. The second-order valence-corrected chi connectivity index (χ2v) is 9.44. The molecule has 2 aliphatic rings. The van der Waals surface area contributed by atoms with Gasteiger partial charge in [0.05, 0.1) is 26.1 Å². The van der Waals surface area contributed by atoms with E-state index in [4.69, 9.17) is 9.47 Å². The minimum atomic E-state index is 0.319. The van der Waals surface area contributed by atoms with Gasteiger partial charge in [0.25, 0.3) is 0 Å². The summed E-state index contributed by atoms with van der Waals surface area (Å²) in [4.78, 5) is 2.71. The highest BCUT2D eigenvalue weighted by atomic mass is 32.2. The Morgan fingerprint density at radius 2 is 1.70 bits per heavy atom. The summed E-state index contributed by atoms with van der Waals surface area (Å²) in [5.74, 6) is 3.07. The minimum absolute atomic E-state index is 0.319. The Morgan fingerprint density at radius 3 is 2.43 bits per heavy atom. The van der Waals surface area contributed by atoms with Gasteiger partial charge in [-0.2, -0.15) is 11.8 Å². The van der Waals surface area contributed by atoms with Gasteiger partial charge in [-0.05, 0) is 42.0 Å². The molecule has 0 unspecified atom stereocenters. The molecule has 1 saturated carbocycles. The molecule has 1 aliphatic heterocycles. The van der Waals surface area contributed by atoms with Crippen LogP contribution in [0.2, 0.25) is 0 Å². The molecular formula is C26H33NO2S. The van der Waals surface area contributed by atoms with Crippen LogP contribution in [-0.4, -0.2) is 48.8 Å². The number of benzene rings is 2. The number of nitrogens with zero attached hydrogens (tertiary/aromatic N) is 1. The topological polar surface area (TPSA) is 21.7 Å². The third-order valence-electron chi connectivity index (χ3n) is 6.40. The van der Waals surface area contributed by atoms with Crippen LogP contribution < -0.4 is 0 Å². The van der Waals surface area contributed by atoms with Gasteiger partial charge in [-0.3, -0.25) is 4.90 Å². The second kappa shape index (κ2) is 11.0. The highest BCUT2D eigenvalue weighted by molar-refractivity contribution is 7.99. The van der Waals surface area contributed by atoms with Crippen molar-refractivity contribution in [3.05, 3.63) is 72.5 Å². The van der Waals surface area contributed by atoms with E-state index in [-0.39, 0.29) is 0 Å². The lowest BCUT2D eigenvalue weighted by Gasteiger charge is -2.36. The summed E-state index contributed by atoms with van der Waals surface area (Å²) in [6, 6.07) is 20.0. The van der Waals surface area contributed by atoms with Crippen LogP contribution in [0.4, 0.5) is 0 Å². The van der Waals surface area contributed by atoms with Crippen molar-refractivity contribution >= 4 is 11.8 Å². The highest BCUT2D eigenvalue weighted by Gasteiger charge is 2.39. The molecule has 0 amide bonds. The number of hydrogen-bond donors (Lipinski definition) is 0. The van der Waals surface area contributed by atoms with Crippen molar-refractivity contribution in [2.24, 2.45) is 5.92 Å². The summed E-state index contributed by atoms with van der Waals surface area (Å²) in [5, 5.41) is 0. The Balaban J connectivity index is 1.37. The molecule has 4 rings (SSSR count). The fraction of sp³-hybridized carbons (Fsp3) is 0.462. The number of ether oxygens (including phenoxy) is 2. The van der Waals surface area contributed by atoms with Crippen LogP contribution in [0.3, 0.4) is 0 Å². The van der Waals surface area contributed by atoms with Crippen molar-refractivity contribution in [1.82, 2.24) is 4.90 Å². The molecule has 3 nitrogen and oxygen atoms in total. The number of thioether (sulfide) groups is 1. The fourth-order valence-electron chi connectivity index (χ4n) is 4.83. The number of hydrogen-bond acceptors (Lipinski definition) is 4. The van der Waals surface area contributed by atoms with Gasteiger partial charge in [-0.15, -0.1) is 0 Å². The summed E-state index contributed by atoms with van der Waals surface area (Å²) in [7, 11) is 1.72. The van der Waals surface area contributed by atoms with Crippen LogP contribution in [0.1, 0.15) is 24.8 Å². The van der Waals surface area contributed by atoms with E-state index in [1.165, 1.54) is 47.7 Å². The van der Waals surface area contributed by atoms with Gasteiger partial charge in [0, 0.05) is 36.6 Å². The van der Waals surface area contributed by atoms with E-state index in [1.807, 2.05) is 6.26 Å². The van der Waals surface area contributed by atoms with Crippen LogP contribution in [0, 0.1) is 5.92 Å². The molecule has 2 aromatic rings. The van der Waals surface area contributed by atoms with Crippen LogP contribution in [0.5, 0.6) is 0 Å². The van der Waals surface area contributed by atoms with Crippen LogP contribution in [0.25, 0.3) is 11.1 Å². The van der Waals surface area contributed by atoms with Crippen molar-refractivity contribution in [2.75, 3.05) is 31.7 Å². The molecule has 0 aromatic heterocycles. The first kappa shape index (κ1) is 21.5. The summed E-state index contributed by atoms with van der Waals surface area (Å²) in [5.41, 5.74) is 3.76.